The lowest BCUT2D eigenvalue weighted by Crippen LogP contribution is -2.39. The predicted molar refractivity (Wildman–Crippen MR) is 78.3 cm³/mol. The third kappa shape index (κ3) is 3.71. The molecule has 2 N–H and O–H groups in total. The number of nitro benzene ring substituents is 1. The first-order valence-electron chi connectivity index (χ1n) is 7.27. The summed E-state index contributed by atoms with van der Waals surface area (Å²) in [5.41, 5.74) is -0.372. The molecule has 0 aliphatic heterocycles. The van der Waals surface area contributed by atoms with Gasteiger partial charge in [0.2, 0.25) is 0 Å². The van der Waals surface area contributed by atoms with E-state index in [4.69, 9.17) is 0 Å². The van der Waals surface area contributed by atoms with Gasteiger partial charge in [-0.3, -0.25) is 14.9 Å². The number of nitrogens with zero attached hydrogens (tertiary/aromatic N) is 1. The van der Waals surface area contributed by atoms with Gasteiger partial charge >= 0.3 is 0 Å². The number of carbonyl (C=O) groups is 1. The van der Waals surface area contributed by atoms with Crippen LogP contribution in [0.2, 0.25) is 0 Å². The maximum atomic E-state index is 12.3. The summed E-state index contributed by atoms with van der Waals surface area (Å²) in [5, 5.41) is 23.4. The van der Waals surface area contributed by atoms with Crippen molar-refractivity contribution in [2.24, 2.45) is 5.92 Å². The van der Waals surface area contributed by atoms with E-state index in [9.17, 15) is 20.0 Å². The van der Waals surface area contributed by atoms with Crippen molar-refractivity contribution in [2.75, 3.05) is 0 Å². The highest BCUT2D eigenvalue weighted by Crippen LogP contribution is 2.26. The molecule has 0 aromatic heterocycles. The fourth-order valence-electron chi connectivity index (χ4n) is 2.82. The SMILES string of the molecule is CC1CCCCCC1NC(=O)c1cc(O)ccc1[N+](=O)[O-]. The summed E-state index contributed by atoms with van der Waals surface area (Å²) in [6, 6.07) is 3.54. The normalized spacial score (nSPS) is 22.3. The van der Waals surface area contributed by atoms with Gasteiger partial charge in [-0.05, 0) is 30.9 Å². The Balaban J connectivity index is 2.19. The number of phenolic OH excluding ortho intramolecular Hbond substituents is 1. The Hall–Kier alpha value is -2.11. The Morgan fingerprint density at radius 1 is 1.33 bits per heavy atom. The summed E-state index contributed by atoms with van der Waals surface area (Å²) in [6.07, 6.45) is 5.30. The quantitative estimate of drug-likeness (QED) is 0.509. The van der Waals surface area contributed by atoms with Gasteiger partial charge in [-0.25, -0.2) is 0 Å². The van der Waals surface area contributed by atoms with Crippen molar-refractivity contribution < 1.29 is 14.8 Å². The molecule has 1 aliphatic carbocycles. The van der Waals surface area contributed by atoms with E-state index in [0.29, 0.717) is 5.92 Å². The van der Waals surface area contributed by atoms with Gasteiger partial charge < -0.3 is 10.4 Å². The summed E-state index contributed by atoms with van der Waals surface area (Å²) in [4.78, 5) is 22.7. The molecule has 0 saturated heterocycles. The minimum absolute atomic E-state index is 0.0296. The maximum absolute atomic E-state index is 12.3. The predicted octanol–water partition coefficient (Wildman–Crippen LogP) is 3.00. The third-order valence-corrected chi connectivity index (χ3v) is 4.10. The van der Waals surface area contributed by atoms with Crippen molar-refractivity contribution in [1.29, 1.82) is 0 Å². The van der Waals surface area contributed by atoms with Gasteiger partial charge in [0.25, 0.3) is 11.6 Å². The van der Waals surface area contributed by atoms with E-state index in [1.54, 1.807) is 0 Å². The molecule has 1 saturated carbocycles. The summed E-state index contributed by atoms with van der Waals surface area (Å²) < 4.78 is 0. The van der Waals surface area contributed by atoms with E-state index in [1.165, 1.54) is 6.07 Å². The van der Waals surface area contributed by atoms with Crippen LogP contribution in [0.15, 0.2) is 18.2 Å². The van der Waals surface area contributed by atoms with E-state index < -0.39 is 10.8 Å². The van der Waals surface area contributed by atoms with E-state index in [0.717, 1.165) is 44.2 Å². The number of carbonyl (C=O) groups excluding carboxylic acids is 1. The van der Waals surface area contributed by atoms with Gasteiger partial charge in [-0.15, -0.1) is 0 Å². The molecule has 1 aliphatic rings. The molecule has 1 amide bonds. The molecular weight excluding hydrogens is 272 g/mol. The summed E-state index contributed by atoms with van der Waals surface area (Å²) in [7, 11) is 0. The molecule has 6 heteroatoms. The Labute approximate surface area is 123 Å². The topological polar surface area (TPSA) is 92.5 Å². The van der Waals surface area contributed by atoms with Crippen molar-refractivity contribution in [3.05, 3.63) is 33.9 Å². The first-order chi connectivity index (χ1) is 9.99. The molecule has 2 atom stereocenters. The van der Waals surface area contributed by atoms with Gasteiger partial charge in [0.05, 0.1) is 4.92 Å². The number of rotatable bonds is 3. The molecular formula is C15H20N2O4. The van der Waals surface area contributed by atoms with Crippen LogP contribution < -0.4 is 5.32 Å². The smallest absolute Gasteiger partial charge is 0.282 e. The largest absolute Gasteiger partial charge is 0.508 e. The number of amides is 1. The molecule has 1 aromatic rings. The fraction of sp³-hybridized carbons (Fsp3) is 0.533. The highest BCUT2D eigenvalue weighted by molar-refractivity contribution is 5.98. The van der Waals surface area contributed by atoms with Crippen molar-refractivity contribution >= 4 is 11.6 Å². The highest BCUT2D eigenvalue weighted by atomic mass is 16.6. The fourth-order valence-corrected chi connectivity index (χ4v) is 2.82. The number of benzene rings is 1. The first kappa shape index (κ1) is 15.3. The van der Waals surface area contributed by atoms with Crippen LogP contribution in [0.25, 0.3) is 0 Å². The zero-order valence-electron chi connectivity index (χ0n) is 12.0. The second-order valence-electron chi connectivity index (χ2n) is 5.65. The van der Waals surface area contributed by atoms with Crippen molar-refractivity contribution in [3.63, 3.8) is 0 Å². The van der Waals surface area contributed by atoms with Crippen LogP contribution in [0.4, 0.5) is 5.69 Å². The summed E-state index contributed by atoms with van der Waals surface area (Å²) >= 11 is 0. The second-order valence-corrected chi connectivity index (χ2v) is 5.65. The van der Waals surface area contributed by atoms with E-state index >= 15 is 0 Å². The molecule has 2 unspecified atom stereocenters. The third-order valence-electron chi connectivity index (χ3n) is 4.10. The molecule has 1 fully saturated rings. The number of hydrogen-bond donors (Lipinski definition) is 2. The van der Waals surface area contributed by atoms with Crippen LogP contribution in [-0.2, 0) is 0 Å². The van der Waals surface area contributed by atoms with E-state index in [2.05, 4.69) is 12.2 Å². The van der Waals surface area contributed by atoms with Crippen LogP contribution in [0, 0.1) is 16.0 Å². The van der Waals surface area contributed by atoms with Crippen LogP contribution >= 0.6 is 0 Å². The lowest BCUT2D eigenvalue weighted by atomic mass is 9.96. The van der Waals surface area contributed by atoms with Crippen LogP contribution in [0.3, 0.4) is 0 Å². The van der Waals surface area contributed by atoms with Crippen molar-refractivity contribution in [3.8, 4) is 5.75 Å². The van der Waals surface area contributed by atoms with E-state index in [1.807, 2.05) is 0 Å². The molecule has 0 spiro atoms. The first-order valence-corrected chi connectivity index (χ1v) is 7.27. The maximum Gasteiger partial charge on any atom is 0.282 e. The van der Waals surface area contributed by atoms with Crippen LogP contribution in [0.1, 0.15) is 49.4 Å². The average Bonchev–Trinajstić information content (AvgIpc) is 2.63. The number of nitro groups is 1. The Morgan fingerprint density at radius 3 is 2.76 bits per heavy atom. The Bertz CT molecular complexity index is 544. The summed E-state index contributed by atoms with van der Waals surface area (Å²) in [5.74, 6) is -0.288. The minimum atomic E-state index is -0.606. The van der Waals surface area contributed by atoms with Gasteiger partial charge in [-0.1, -0.05) is 26.2 Å². The average molecular weight is 292 g/mol. The number of nitrogens with one attached hydrogen (secondary N) is 1. The molecule has 1 aromatic carbocycles. The lowest BCUT2D eigenvalue weighted by Gasteiger charge is -2.22. The number of aromatic hydroxyl groups is 1. The van der Waals surface area contributed by atoms with Crippen LogP contribution in [-0.4, -0.2) is 22.0 Å². The van der Waals surface area contributed by atoms with E-state index in [-0.39, 0.29) is 23.0 Å². The number of phenols is 1. The molecule has 21 heavy (non-hydrogen) atoms. The summed E-state index contributed by atoms with van der Waals surface area (Å²) in [6.45, 7) is 2.09. The van der Waals surface area contributed by atoms with Gasteiger partial charge in [-0.2, -0.15) is 0 Å². The molecule has 6 nitrogen and oxygen atoms in total. The monoisotopic (exact) mass is 292 g/mol. The Morgan fingerprint density at radius 2 is 2.05 bits per heavy atom. The van der Waals surface area contributed by atoms with Crippen molar-refractivity contribution in [1.82, 2.24) is 5.32 Å². The molecule has 2 rings (SSSR count). The second kappa shape index (κ2) is 6.56. The molecule has 0 heterocycles. The van der Waals surface area contributed by atoms with Gasteiger partial charge in [0, 0.05) is 12.1 Å². The van der Waals surface area contributed by atoms with Crippen molar-refractivity contribution in [2.45, 2.75) is 45.1 Å². The highest BCUT2D eigenvalue weighted by Gasteiger charge is 2.26. The lowest BCUT2D eigenvalue weighted by molar-refractivity contribution is -0.385. The standard InChI is InChI=1S/C15H20N2O4/c1-10-5-3-2-4-6-13(10)16-15(19)12-9-11(18)7-8-14(12)17(20)21/h7-10,13,18H,2-6H2,1H3,(H,16,19). The Kier molecular flexibility index (Phi) is 4.77. The number of hydrogen-bond acceptors (Lipinski definition) is 4. The molecule has 114 valence electrons. The van der Waals surface area contributed by atoms with Crippen LogP contribution in [0.5, 0.6) is 5.75 Å². The zero-order valence-corrected chi connectivity index (χ0v) is 12.0. The molecule has 0 radical (unpaired) electrons. The molecule has 0 bridgehead atoms. The minimum Gasteiger partial charge on any atom is -0.508 e. The van der Waals surface area contributed by atoms with Gasteiger partial charge in [0.15, 0.2) is 0 Å². The van der Waals surface area contributed by atoms with Gasteiger partial charge in [0.1, 0.15) is 11.3 Å². The zero-order chi connectivity index (χ0) is 15.4.